The summed E-state index contributed by atoms with van der Waals surface area (Å²) in [5.74, 6) is -0.782. The van der Waals surface area contributed by atoms with Gasteiger partial charge in [0.1, 0.15) is 0 Å². The van der Waals surface area contributed by atoms with Crippen LogP contribution < -0.4 is 10.6 Å². The Morgan fingerprint density at radius 1 is 0.864 bits per heavy atom. The number of azo groups is 1. The monoisotopic (exact) mass is 316 g/mol. The Balaban J connectivity index is 4.90. The van der Waals surface area contributed by atoms with Crippen molar-refractivity contribution in [2.75, 3.05) is 13.2 Å². The minimum Gasteiger partial charge on any atom is -0.394 e. The Hall–Kier alpha value is -1.54. The summed E-state index contributed by atoms with van der Waals surface area (Å²) in [6.07, 6.45) is 0. The van der Waals surface area contributed by atoms with Gasteiger partial charge in [-0.15, -0.1) is 0 Å². The van der Waals surface area contributed by atoms with Gasteiger partial charge in [-0.1, -0.05) is 0 Å². The Kier molecular flexibility index (Phi) is 7.61. The van der Waals surface area contributed by atoms with Crippen molar-refractivity contribution in [3.63, 3.8) is 0 Å². The number of hydrogen-bond donors (Lipinski definition) is 4. The van der Waals surface area contributed by atoms with Crippen LogP contribution in [0.15, 0.2) is 10.2 Å². The predicted octanol–water partition coefficient (Wildman–Crippen LogP) is -0.0102. The smallest absolute Gasteiger partial charge is 0.249 e. The van der Waals surface area contributed by atoms with Gasteiger partial charge in [-0.2, -0.15) is 10.2 Å². The fourth-order valence-electron chi connectivity index (χ4n) is 1.23. The molecule has 4 N–H and O–H groups in total. The zero-order valence-corrected chi connectivity index (χ0v) is 14.2. The lowest BCUT2D eigenvalue weighted by Gasteiger charge is -2.24. The van der Waals surface area contributed by atoms with Crippen molar-refractivity contribution in [1.29, 1.82) is 0 Å². The fourth-order valence-corrected chi connectivity index (χ4v) is 1.23. The van der Waals surface area contributed by atoms with Crippen molar-refractivity contribution in [2.24, 2.45) is 10.2 Å². The Labute approximate surface area is 131 Å². The Morgan fingerprint density at radius 3 is 1.36 bits per heavy atom. The van der Waals surface area contributed by atoms with E-state index in [4.69, 9.17) is 10.2 Å². The van der Waals surface area contributed by atoms with E-state index in [1.54, 1.807) is 41.5 Å². The molecule has 0 aliphatic carbocycles. The lowest BCUT2D eigenvalue weighted by molar-refractivity contribution is -0.128. The van der Waals surface area contributed by atoms with Crippen molar-refractivity contribution < 1.29 is 19.8 Å². The van der Waals surface area contributed by atoms with Crippen LogP contribution in [-0.2, 0) is 9.59 Å². The van der Waals surface area contributed by atoms with Crippen LogP contribution in [0.3, 0.4) is 0 Å². The van der Waals surface area contributed by atoms with Gasteiger partial charge in [0.2, 0.25) is 11.8 Å². The van der Waals surface area contributed by atoms with Gasteiger partial charge in [0.05, 0.1) is 13.2 Å². The van der Waals surface area contributed by atoms with Crippen molar-refractivity contribution >= 4 is 11.8 Å². The zero-order valence-electron chi connectivity index (χ0n) is 14.2. The van der Waals surface area contributed by atoms with Crippen molar-refractivity contribution in [2.45, 2.75) is 64.7 Å². The molecule has 0 aliphatic rings. The molecule has 0 aromatic heterocycles. The maximum absolute atomic E-state index is 12.0. The summed E-state index contributed by atoms with van der Waals surface area (Å²) in [7, 11) is 0. The molecule has 2 atom stereocenters. The molecule has 8 nitrogen and oxygen atoms in total. The molecule has 0 aromatic rings. The second-order valence-corrected chi connectivity index (χ2v) is 6.43. The first-order valence-corrected chi connectivity index (χ1v) is 7.24. The van der Waals surface area contributed by atoms with Gasteiger partial charge in [-0.3, -0.25) is 9.59 Å². The van der Waals surface area contributed by atoms with Gasteiger partial charge >= 0.3 is 0 Å². The van der Waals surface area contributed by atoms with Crippen LogP contribution in [0, 0.1) is 0 Å². The molecule has 0 radical (unpaired) electrons. The first-order chi connectivity index (χ1) is 9.96. The first kappa shape index (κ1) is 20.5. The number of nitrogens with zero attached hydrogens (tertiary/aromatic N) is 2. The van der Waals surface area contributed by atoms with Crippen LogP contribution in [0.4, 0.5) is 0 Å². The molecule has 8 heteroatoms. The maximum atomic E-state index is 12.0. The molecule has 0 aliphatic heterocycles. The quantitative estimate of drug-likeness (QED) is 0.470. The van der Waals surface area contributed by atoms with Gasteiger partial charge in [0.25, 0.3) is 0 Å². The Morgan fingerprint density at radius 2 is 1.14 bits per heavy atom. The molecule has 0 bridgehead atoms. The highest BCUT2D eigenvalue weighted by atomic mass is 16.3. The second kappa shape index (κ2) is 8.19. The highest BCUT2D eigenvalue weighted by Gasteiger charge is 2.32. The SMILES string of the molecule is CC(CO)NC(=O)C(C)(C)N=NC(C)(C)C(=O)NC(C)CO. The van der Waals surface area contributed by atoms with Gasteiger partial charge in [-0.05, 0) is 41.5 Å². The minimum atomic E-state index is -1.16. The number of aliphatic hydroxyl groups excluding tert-OH is 2. The molecule has 2 amide bonds. The molecule has 0 spiro atoms. The standard InChI is InChI=1S/C14H28N4O4/c1-9(7-19)15-11(21)13(3,4)17-18-14(5,6)12(22)16-10(2)8-20/h9-10,19-20H,7-8H2,1-6H3,(H,15,21)(H,16,22). The number of nitrogens with one attached hydrogen (secondary N) is 2. The topological polar surface area (TPSA) is 123 Å². The number of amides is 2. The van der Waals surface area contributed by atoms with Crippen LogP contribution >= 0.6 is 0 Å². The first-order valence-electron chi connectivity index (χ1n) is 7.24. The van der Waals surface area contributed by atoms with Crippen LogP contribution in [-0.4, -0.2) is 58.4 Å². The third-order valence-electron chi connectivity index (χ3n) is 2.96. The largest absolute Gasteiger partial charge is 0.394 e. The van der Waals surface area contributed by atoms with E-state index in [9.17, 15) is 9.59 Å². The molecule has 0 saturated heterocycles. The van der Waals surface area contributed by atoms with E-state index < -0.39 is 22.9 Å². The van der Waals surface area contributed by atoms with Gasteiger partial charge in [-0.25, -0.2) is 0 Å². The number of hydrogen-bond acceptors (Lipinski definition) is 6. The average Bonchev–Trinajstić information content (AvgIpc) is 2.44. The molecule has 2 unspecified atom stereocenters. The fraction of sp³-hybridized carbons (Fsp3) is 0.857. The molecule has 0 aromatic carbocycles. The average molecular weight is 316 g/mol. The third-order valence-corrected chi connectivity index (χ3v) is 2.96. The summed E-state index contributed by atoms with van der Waals surface area (Å²) in [5.41, 5.74) is -2.33. The molecular formula is C14H28N4O4. The normalized spacial score (nSPS) is 15.5. The summed E-state index contributed by atoms with van der Waals surface area (Å²) in [6, 6.07) is -0.771. The lowest BCUT2D eigenvalue weighted by atomic mass is 10.0. The number of carbonyl (C=O) groups is 2. The minimum absolute atomic E-state index is 0.175. The van der Waals surface area contributed by atoms with Gasteiger partial charge < -0.3 is 20.8 Å². The van der Waals surface area contributed by atoms with Crippen molar-refractivity contribution in [3.05, 3.63) is 0 Å². The van der Waals surface area contributed by atoms with Crippen LogP contribution in [0.5, 0.6) is 0 Å². The number of rotatable bonds is 8. The number of aliphatic hydroxyl groups is 2. The third kappa shape index (κ3) is 6.48. The summed E-state index contributed by atoms with van der Waals surface area (Å²) in [4.78, 5) is 24.1. The maximum Gasteiger partial charge on any atom is 0.249 e. The molecular weight excluding hydrogens is 288 g/mol. The molecule has 0 rings (SSSR count). The molecule has 0 saturated carbocycles. The summed E-state index contributed by atoms with van der Waals surface area (Å²) in [6.45, 7) is 9.26. The predicted molar refractivity (Wildman–Crippen MR) is 82.4 cm³/mol. The molecule has 0 fully saturated rings. The lowest BCUT2D eigenvalue weighted by Crippen LogP contribution is -2.48. The summed E-state index contributed by atoms with van der Waals surface area (Å²) in [5, 5.41) is 31.0. The van der Waals surface area contributed by atoms with E-state index in [2.05, 4.69) is 20.9 Å². The van der Waals surface area contributed by atoms with E-state index in [1.165, 1.54) is 0 Å². The van der Waals surface area contributed by atoms with Crippen LogP contribution in [0.1, 0.15) is 41.5 Å². The van der Waals surface area contributed by atoms with Crippen molar-refractivity contribution in [1.82, 2.24) is 10.6 Å². The van der Waals surface area contributed by atoms with Crippen LogP contribution in [0.25, 0.3) is 0 Å². The van der Waals surface area contributed by atoms with E-state index in [0.717, 1.165) is 0 Å². The highest BCUT2D eigenvalue weighted by molar-refractivity contribution is 5.87. The molecule has 0 heterocycles. The van der Waals surface area contributed by atoms with Gasteiger partial charge in [0.15, 0.2) is 11.1 Å². The van der Waals surface area contributed by atoms with E-state index in [-0.39, 0.29) is 25.3 Å². The number of carbonyl (C=O) groups excluding carboxylic acids is 2. The van der Waals surface area contributed by atoms with Crippen LogP contribution in [0.2, 0.25) is 0 Å². The van der Waals surface area contributed by atoms with E-state index in [1.807, 2.05) is 0 Å². The highest BCUT2D eigenvalue weighted by Crippen LogP contribution is 2.16. The van der Waals surface area contributed by atoms with E-state index in [0.29, 0.717) is 0 Å². The van der Waals surface area contributed by atoms with E-state index >= 15 is 0 Å². The molecule has 128 valence electrons. The summed E-state index contributed by atoms with van der Waals surface area (Å²) < 4.78 is 0. The second-order valence-electron chi connectivity index (χ2n) is 6.43. The zero-order chi connectivity index (χ0) is 17.6. The van der Waals surface area contributed by atoms with Gasteiger partial charge in [0, 0.05) is 12.1 Å². The molecule has 22 heavy (non-hydrogen) atoms. The summed E-state index contributed by atoms with van der Waals surface area (Å²) >= 11 is 0. The van der Waals surface area contributed by atoms with Crippen molar-refractivity contribution in [3.8, 4) is 0 Å². The Bertz CT molecular complexity index is 383.